The molecule has 53 heavy (non-hydrogen) atoms. The minimum absolute atomic E-state index is 0.0452. The lowest BCUT2D eigenvalue weighted by atomic mass is 9.44. The third kappa shape index (κ3) is 8.64. The monoisotopic (exact) mass is 731 g/mol. The summed E-state index contributed by atoms with van der Waals surface area (Å²) in [4.78, 5) is 0. The molecule has 13 atom stereocenters. The van der Waals surface area contributed by atoms with Gasteiger partial charge in [0.2, 0.25) is 0 Å². The van der Waals surface area contributed by atoms with Crippen LogP contribution in [0.5, 0.6) is 0 Å². The fourth-order valence-corrected chi connectivity index (χ4v) is 12.3. The first kappa shape index (κ1) is 39.4. The fourth-order valence-electron chi connectivity index (χ4n) is 12.3. The quantitative estimate of drug-likeness (QED) is 0.132. The van der Waals surface area contributed by atoms with Gasteiger partial charge in [-0.2, -0.15) is 0 Å². The summed E-state index contributed by atoms with van der Waals surface area (Å²) < 4.78 is 26.3. The molecule has 294 valence electrons. The van der Waals surface area contributed by atoms with E-state index in [0.29, 0.717) is 30.0 Å². The van der Waals surface area contributed by atoms with Crippen LogP contribution in [0.1, 0.15) is 135 Å². The number of aliphatic hydroxyl groups is 2. The third-order valence-electron chi connectivity index (χ3n) is 15.4. The van der Waals surface area contributed by atoms with Crippen molar-refractivity contribution >= 4 is 0 Å². The van der Waals surface area contributed by atoms with Crippen LogP contribution in [0.2, 0.25) is 0 Å². The summed E-state index contributed by atoms with van der Waals surface area (Å²) in [5.74, 6) is 4.19. The summed E-state index contributed by atoms with van der Waals surface area (Å²) in [6.07, 6.45) is 17.6. The SMILES string of the molecule is CCCCCCCC[C@H]1CC[C@H]2[C@@H]3CC[C@H]4C[C@@H](O[C@@H]5O[C@H](CO)[C@@H](O)[C@H](OCc6ccccc6)[C@@H]5OCc5ccccc5)CC[C@]4(C)[C@H]3CC[C@]12C. The van der Waals surface area contributed by atoms with Crippen LogP contribution < -0.4 is 0 Å². The maximum Gasteiger partial charge on any atom is 0.187 e. The average Bonchev–Trinajstić information content (AvgIpc) is 3.52. The van der Waals surface area contributed by atoms with Crippen molar-refractivity contribution < 1.29 is 29.2 Å². The zero-order chi connectivity index (χ0) is 36.8. The highest BCUT2D eigenvalue weighted by Crippen LogP contribution is 2.68. The zero-order valence-corrected chi connectivity index (χ0v) is 33.1. The highest BCUT2D eigenvalue weighted by Gasteiger charge is 2.60. The van der Waals surface area contributed by atoms with Gasteiger partial charge >= 0.3 is 0 Å². The second-order valence-electron chi connectivity index (χ2n) is 18.3. The normalized spacial score (nSPS) is 39.6. The molecule has 6 nitrogen and oxygen atoms in total. The molecule has 7 rings (SSSR count). The summed E-state index contributed by atoms with van der Waals surface area (Å²) in [5, 5.41) is 21.8. The molecule has 6 heteroatoms. The highest BCUT2D eigenvalue weighted by atomic mass is 16.7. The van der Waals surface area contributed by atoms with Crippen molar-refractivity contribution in [2.24, 2.45) is 40.4 Å². The Morgan fingerprint density at radius 3 is 2.06 bits per heavy atom. The smallest absolute Gasteiger partial charge is 0.187 e. The Morgan fingerprint density at radius 1 is 0.717 bits per heavy atom. The Balaban J connectivity index is 1.00. The Bertz CT molecular complexity index is 1390. The third-order valence-corrected chi connectivity index (χ3v) is 15.4. The van der Waals surface area contributed by atoms with Crippen molar-refractivity contribution in [3.63, 3.8) is 0 Å². The Hall–Kier alpha value is -1.80. The zero-order valence-electron chi connectivity index (χ0n) is 33.1. The molecule has 1 aliphatic heterocycles. The molecule has 2 N–H and O–H groups in total. The standard InChI is InChI=1S/C47H70O6/c1-4-5-6-7-8-15-20-35-22-24-39-38-23-21-36-29-37(25-27-47(36,3)40(38)26-28-46(35,39)2)52-45-44(51-32-34-18-13-10-14-19-34)43(42(49)41(30-48)53-45)50-31-33-16-11-9-12-17-33/h9-14,16-19,35-45,48-49H,4-8,15,20-32H2,1-3H3/t35-,36-,37-,38-,39-,40-,41+,42+,43-,44-,45+,46+,47-/m0/s1. The maximum atomic E-state index is 11.4. The topological polar surface area (TPSA) is 77.4 Å². The van der Waals surface area contributed by atoms with Gasteiger partial charge in [-0.05, 0) is 116 Å². The first-order valence-corrected chi connectivity index (χ1v) is 21.7. The number of rotatable bonds is 16. The summed E-state index contributed by atoms with van der Waals surface area (Å²) >= 11 is 0. The van der Waals surface area contributed by atoms with Gasteiger partial charge in [0, 0.05) is 0 Å². The summed E-state index contributed by atoms with van der Waals surface area (Å²) in [5.41, 5.74) is 2.97. The number of fused-ring (bicyclic) bond motifs is 5. The summed E-state index contributed by atoms with van der Waals surface area (Å²) in [6, 6.07) is 20.1. The first-order valence-electron chi connectivity index (χ1n) is 21.7. The van der Waals surface area contributed by atoms with Crippen LogP contribution in [0.15, 0.2) is 60.7 Å². The molecule has 4 aliphatic carbocycles. The van der Waals surface area contributed by atoms with Crippen molar-refractivity contribution in [2.75, 3.05) is 6.61 Å². The molecule has 0 spiro atoms. The van der Waals surface area contributed by atoms with Crippen LogP contribution in [0.25, 0.3) is 0 Å². The van der Waals surface area contributed by atoms with Crippen LogP contribution in [0.4, 0.5) is 0 Å². The van der Waals surface area contributed by atoms with Crippen LogP contribution >= 0.6 is 0 Å². The van der Waals surface area contributed by atoms with E-state index in [-0.39, 0.29) is 12.7 Å². The molecule has 5 fully saturated rings. The Labute approximate surface area is 320 Å². The van der Waals surface area contributed by atoms with E-state index < -0.39 is 30.7 Å². The molecule has 5 aliphatic rings. The predicted octanol–water partition coefficient (Wildman–Crippen LogP) is 10.0. The molecular weight excluding hydrogens is 661 g/mol. The summed E-state index contributed by atoms with van der Waals surface area (Å²) in [7, 11) is 0. The lowest BCUT2D eigenvalue weighted by Gasteiger charge is -2.61. The first-order chi connectivity index (χ1) is 25.8. The molecule has 0 unspecified atom stereocenters. The largest absolute Gasteiger partial charge is 0.394 e. The van der Waals surface area contributed by atoms with Crippen LogP contribution in [-0.4, -0.2) is 53.6 Å². The van der Waals surface area contributed by atoms with E-state index >= 15 is 0 Å². The molecule has 0 aromatic heterocycles. The van der Waals surface area contributed by atoms with Crippen molar-refractivity contribution in [1.29, 1.82) is 0 Å². The van der Waals surface area contributed by atoms with E-state index in [1.165, 1.54) is 89.9 Å². The predicted molar refractivity (Wildman–Crippen MR) is 210 cm³/mol. The van der Waals surface area contributed by atoms with Crippen LogP contribution in [0, 0.1) is 40.4 Å². The molecule has 4 saturated carbocycles. The van der Waals surface area contributed by atoms with E-state index in [1.54, 1.807) is 0 Å². The minimum atomic E-state index is -1.05. The van der Waals surface area contributed by atoms with E-state index in [9.17, 15) is 10.2 Å². The fraction of sp³-hybridized carbons (Fsp3) is 0.745. The molecular formula is C47H70O6. The van der Waals surface area contributed by atoms with E-state index in [4.69, 9.17) is 18.9 Å². The Kier molecular flexibility index (Phi) is 13.4. The van der Waals surface area contributed by atoms with Gasteiger partial charge in [-0.25, -0.2) is 0 Å². The number of ether oxygens (including phenoxy) is 4. The number of unbranched alkanes of at least 4 members (excludes halogenated alkanes) is 5. The van der Waals surface area contributed by atoms with Crippen molar-refractivity contribution in [3.05, 3.63) is 71.8 Å². The summed E-state index contributed by atoms with van der Waals surface area (Å²) in [6.45, 7) is 8.02. The number of benzene rings is 2. The highest BCUT2D eigenvalue weighted by molar-refractivity contribution is 5.15. The van der Waals surface area contributed by atoms with Gasteiger partial charge in [0.15, 0.2) is 6.29 Å². The lowest BCUT2D eigenvalue weighted by molar-refractivity contribution is -0.332. The van der Waals surface area contributed by atoms with E-state index in [0.717, 1.165) is 47.6 Å². The number of hydrogen-bond donors (Lipinski definition) is 2. The van der Waals surface area contributed by atoms with Gasteiger partial charge < -0.3 is 29.2 Å². The van der Waals surface area contributed by atoms with E-state index in [2.05, 4.69) is 20.8 Å². The van der Waals surface area contributed by atoms with Gasteiger partial charge in [-0.15, -0.1) is 0 Å². The molecule has 0 bridgehead atoms. The van der Waals surface area contributed by atoms with Gasteiger partial charge in [0.05, 0.1) is 25.9 Å². The lowest BCUT2D eigenvalue weighted by Crippen LogP contribution is -2.61. The molecule has 0 amide bonds. The molecule has 2 aromatic carbocycles. The van der Waals surface area contributed by atoms with Crippen molar-refractivity contribution in [2.45, 2.75) is 174 Å². The van der Waals surface area contributed by atoms with Gasteiger partial charge in [-0.1, -0.05) is 120 Å². The number of aliphatic hydroxyl groups excluding tert-OH is 2. The van der Waals surface area contributed by atoms with Crippen molar-refractivity contribution in [1.82, 2.24) is 0 Å². The van der Waals surface area contributed by atoms with Gasteiger partial charge in [-0.3, -0.25) is 0 Å². The van der Waals surface area contributed by atoms with Gasteiger partial charge in [0.25, 0.3) is 0 Å². The van der Waals surface area contributed by atoms with Crippen LogP contribution in [0.3, 0.4) is 0 Å². The molecule has 1 heterocycles. The number of hydrogen-bond acceptors (Lipinski definition) is 6. The van der Waals surface area contributed by atoms with Crippen molar-refractivity contribution in [3.8, 4) is 0 Å². The minimum Gasteiger partial charge on any atom is -0.394 e. The molecule has 0 radical (unpaired) electrons. The maximum absolute atomic E-state index is 11.4. The second-order valence-corrected chi connectivity index (χ2v) is 18.3. The average molecular weight is 731 g/mol. The van der Waals surface area contributed by atoms with Crippen LogP contribution in [-0.2, 0) is 32.2 Å². The van der Waals surface area contributed by atoms with E-state index in [1.807, 2.05) is 60.7 Å². The van der Waals surface area contributed by atoms with Gasteiger partial charge in [0.1, 0.15) is 24.4 Å². The second kappa shape index (κ2) is 18.0. The Morgan fingerprint density at radius 2 is 1.36 bits per heavy atom. The molecule has 2 aromatic rings. The molecule has 1 saturated heterocycles.